The van der Waals surface area contributed by atoms with Gasteiger partial charge in [0.1, 0.15) is 5.75 Å². The van der Waals surface area contributed by atoms with Gasteiger partial charge in [0.25, 0.3) is 5.91 Å². The molecule has 1 saturated heterocycles. The van der Waals surface area contributed by atoms with Crippen molar-refractivity contribution in [2.24, 2.45) is 0 Å². The van der Waals surface area contributed by atoms with Gasteiger partial charge in [-0.2, -0.15) is 4.31 Å². The van der Waals surface area contributed by atoms with Crippen LogP contribution in [0.4, 0.5) is 0 Å². The normalized spacial score (nSPS) is 15.9. The molecule has 1 heterocycles. The molecule has 9 nitrogen and oxygen atoms in total. The van der Waals surface area contributed by atoms with Crippen molar-refractivity contribution in [1.29, 1.82) is 0 Å². The van der Waals surface area contributed by atoms with Crippen LogP contribution in [-0.2, 0) is 31.4 Å². The summed E-state index contributed by atoms with van der Waals surface area (Å²) in [6.45, 7) is 4.77. The molecule has 3 rings (SSSR count). The van der Waals surface area contributed by atoms with E-state index < -0.39 is 20.0 Å². The third-order valence-electron chi connectivity index (χ3n) is 5.84. The Bertz CT molecular complexity index is 1190. The molecule has 35 heavy (non-hydrogen) atoms. The summed E-state index contributed by atoms with van der Waals surface area (Å²) in [4.78, 5) is 12.5. The number of amides is 1. The van der Waals surface area contributed by atoms with Gasteiger partial charge < -0.3 is 10.1 Å². The van der Waals surface area contributed by atoms with E-state index in [0.717, 1.165) is 24.8 Å². The highest BCUT2D eigenvalue weighted by atomic mass is 32.2. The standard InChI is InChI=1S/C24H33N3O6S2/c1-3-19(2)26-34(29,30)22-13-9-21(10-14-22)33-18-24(28)25-17-20-7-11-23(12-8-20)35(31,32)27-15-5-4-6-16-27/h7-14,19,26H,3-6,15-18H2,1-2H3,(H,25,28)/t19-/m0/s1. The largest absolute Gasteiger partial charge is 0.484 e. The second kappa shape index (κ2) is 12.0. The molecule has 1 amide bonds. The van der Waals surface area contributed by atoms with E-state index in [0.29, 0.717) is 25.3 Å². The van der Waals surface area contributed by atoms with Crippen molar-refractivity contribution in [2.45, 2.75) is 61.9 Å². The number of piperidine rings is 1. The highest BCUT2D eigenvalue weighted by molar-refractivity contribution is 7.89. The zero-order valence-electron chi connectivity index (χ0n) is 20.1. The first kappa shape index (κ1) is 27.1. The quantitative estimate of drug-likeness (QED) is 0.467. The average Bonchev–Trinajstić information content (AvgIpc) is 2.87. The second-order valence-electron chi connectivity index (χ2n) is 8.58. The summed E-state index contributed by atoms with van der Waals surface area (Å²) >= 11 is 0. The summed E-state index contributed by atoms with van der Waals surface area (Å²) in [6.07, 6.45) is 3.49. The third-order valence-corrected chi connectivity index (χ3v) is 9.36. The van der Waals surface area contributed by atoms with E-state index in [9.17, 15) is 21.6 Å². The van der Waals surface area contributed by atoms with Crippen LogP contribution in [0.5, 0.6) is 5.75 Å². The molecule has 0 aliphatic carbocycles. The molecule has 0 spiro atoms. The second-order valence-corrected chi connectivity index (χ2v) is 12.2. The van der Waals surface area contributed by atoms with Crippen molar-refractivity contribution in [1.82, 2.24) is 14.3 Å². The molecule has 0 unspecified atom stereocenters. The fourth-order valence-electron chi connectivity index (χ4n) is 3.57. The molecule has 1 aliphatic heterocycles. The van der Waals surface area contributed by atoms with E-state index in [1.54, 1.807) is 31.2 Å². The number of nitrogens with zero attached hydrogens (tertiary/aromatic N) is 1. The molecule has 192 valence electrons. The van der Waals surface area contributed by atoms with Crippen LogP contribution in [0.25, 0.3) is 0 Å². The van der Waals surface area contributed by atoms with Gasteiger partial charge in [0.15, 0.2) is 6.61 Å². The van der Waals surface area contributed by atoms with E-state index in [1.165, 1.54) is 28.6 Å². The Morgan fingerprint density at radius 2 is 1.54 bits per heavy atom. The Morgan fingerprint density at radius 1 is 0.943 bits per heavy atom. The van der Waals surface area contributed by atoms with E-state index in [1.807, 2.05) is 6.92 Å². The smallest absolute Gasteiger partial charge is 0.258 e. The molecular formula is C24H33N3O6S2. The highest BCUT2D eigenvalue weighted by Gasteiger charge is 2.25. The van der Waals surface area contributed by atoms with Gasteiger partial charge in [0.05, 0.1) is 9.79 Å². The molecule has 0 saturated carbocycles. The van der Waals surface area contributed by atoms with E-state index in [-0.39, 0.29) is 34.9 Å². The molecule has 1 atom stereocenters. The van der Waals surface area contributed by atoms with Gasteiger partial charge in [0, 0.05) is 25.7 Å². The number of hydrogen-bond donors (Lipinski definition) is 2. The molecule has 0 aromatic heterocycles. The van der Waals surface area contributed by atoms with Crippen molar-refractivity contribution in [3.05, 3.63) is 54.1 Å². The first-order valence-corrected chi connectivity index (χ1v) is 14.6. The molecule has 0 bridgehead atoms. The fraction of sp³-hybridized carbons (Fsp3) is 0.458. The minimum Gasteiger partial charge on any atom is -0.484 e. The zero-order chi connectivity index (χ0) is 25.5. The van der Waals surface area contributed by atoms with Crippen LogP contribution < -0.4 is 14.8 Å². The van der Waals surface area contributed by atoms with Gasteiger partial charge in [-0.15, -0.1) is 0 Å². The Labute approximate surface area is 208 Å². The van der Waals surface area contributed by atoms with Crippen molar-refractivity contribution < 1.29 is 26.4 Å². The molecule has 2 aromatic rings. The van der Waals surface area contributed by atoms with Gasteiger partial charge in [-0.05, 0) is 68.1 Å². The highest BCUT2D eigenvalue weighted by Crippen LogP contribution is 2.21. The Hall–Kier alpha value is -2.47. The first-order valence-electron chi connectivity index (χ1n) is 11.7. The van der Waals surface area contributed by atoms with Crippen LogP contribution in [0, 0.1) is 0 Å². The lowest BCUT2D eigenvalue weighted by molar-refractivity contribution is -0.123. The van der Waals surface area contributed by atoms with Crippen molar-refractivity contribution in [3.8, 4) is 5.75 Å². The number of sulfonamides is 2. The number of hydrogen-bond acceptors (Lipinski definition) is 6. The zero-order valence-corrected chi connectivity index (χ0v) is 21.7. The molecule has 1 aliphatic rings. The lowest BCUT2D eigenvalue weighted by Gasteiger charge is -2.25. The first-order chi connectivity index (χ1) is 16.6. The summed E-state index contributed by atoms with van der Waals surface area (Å²) in [5.74, 6) is 0.0139. The number of nitrogens with one attached hydrogen (secondary N) is 2. The molecule has 11 heteroatoms. The topological polar surface area (TPSA) is 122 Å². The van der Waals surface area contributed by atoms with Gasteiger partial charge in [-0.25, -0.2) is 21.6 Å². The number of rotatable bonds is 11. The van der Waals surface area contributed by atoms with Gasteiger partial charge in [0.2, 0.25) is 20.0 Å². The summed E-state index contributed by atoms with van der Waals surface area (Å²) in [6, 6.07) is 12.2. The van der Waals surface area contributed by atoms with E-state index in [2.05, 4.69) is 10.0 Å². The minimum absolute atomic E-state index is 0.125. The summed E-state index contributed by atoms with van der Waals surface area (Å²) < 4.78 is 59.6. The Kier molecular flexibility index (Phi) is 9.28. The van der Waals surface area contributed by atoms with Crippen molar-refractivity contribution >= 4 is 26.0 Å². The lowest BCUT2D eigenvalue weighted by Crippen LogP contribution is -2.35. The van der Waals surface area contributed by atoms with E-state index in [4.69, 9.17) is 4.74 Å². The molecule has 1 fully saturated rings. The number of carbonyl (C=O) groups excluding carboxylic acids is 1. The van der Waals surface area contributed by atoms with Gasteiger partial charge >= 0.3 is 0 Å². The van der Waals surface area contributed by atoms with E-state index >= 15 is 0 Å². The van der Waals surface area contributed by atoms with Crippen LogP contribution in [0.1, 0.15) is 45.1 Å². The van der Waals surface area contributed by atoms with Crippen LogP contribution >= 0.6 is 0 Å². The maximum absolute atomic E-state index is 12.7. The maximum atomic E-state index is 12.7. The van der Waals surface area contributed by atoms with Crippen LogP contribution in [-0.4, -0.2) is 52.8 Å². The number of ether oxygens (including phenoxy) is 1. The third kappa shape index (κ3) is 7.50. The summed E-state index contributed by atoms with van der Waals surface area (Å²) in [5, 5.41) is 2.72. The Balaban J connectivity index is 1.47. The lowest BCUT2D eigenvalue weighted by atomic mass is 10.2. The van der Waals surface area contributed by atoms with Crippen molar-refractivity contribution in [2.75, 3.05) is 19.7 Å². The average molecular weight is 524 g/mol. The predicted octanol–water partition coefficient (Wildman–Crippen LogP) is 2.63. The summed E-state index contributed by atoms with van der Waals surface area (Å²) in [7, 11) is -7.09. The summed E-state index contributed by atoms with van der Waals surface area (Å²) in [5.41, 5.74) is 0.763. The Morgan fingerprint density at radius 3 is 2.14 bits per heavy atom. The molecule has 0 radical (unpaired) electrons. The van der Waals surface area contributed by atoms with Gasteiger partial charge in [-0.3, -0.25) is 4.79 Å². The predicted molar refractivity (Wildman–Crippen MR) is 133 cm³/mol. The number of benzene rings is 2. The van der Waals surface area contributed by atoms with Crippen molar-refractivity contribution in [3.63, 3.8) is 0 Å². The van der Waals surface area contributed by atoms with Crippen LogP contribution in [0.3, 0.4) is 0 Å². The molecule has 2 aromatic carbocycles. The monoisotopic (exact) mass is 523 g/mol. The fourth-order valence-corrected chi connectivity index (χ4v) is 6.41. The number of carbonyl (C=O) groups is 1. The van der Waals surface area contributed by atoms with Crippen LogP contribution in [0.2, 0.25) is 0 Å². The molecular weight excluding hydrogens is 490 g/mol. The van der Waals surface area contributed by atoms with Gasteiger partial charge in [-0.1, -0.05) is 25.5 Å². The molecule has 2 N–H and O–H groups in total. The minimum atomic E-state index is -3.60. The maximum Gasteiger partial charge on any atom is 0.258 e. The van der Waals surface area contributed by atoms with Crippen LogP contribution in [0.15, 0.2) is 58.3 Å². The SMILES string of the molecule is CC[C@H](C)NS(=O)(=O)c1ccc(OCC(=O)NCc2ccc(S(=O)(=O)N3CCCCC3)cc2)cc1.